The van der Waals surface area contributed by atoms with Gasteiger partial charge in [0.1, 0.15) is 16.7 Å². The van der Waals surface area contributed by atoms with Gasteiger partial charge in [0.25, 0.3) is 0 Å². The van der Waals surface area contributed by atoms with Crippen LogP contribution in [0.4, 0.5) is 0 Å². The van der Waals surface area contributed by atoms with E-state index < -0.39 is 0 Å². The van der Waals surface area contributed by atoms with Crippen LogP contribution < -0.4 is 0 Å². The van der Waals surface area contributed by atoms with E-state index in [1.165, 1.54) is 30.8 Å². The molecule has 3 heterocycles. The van der Waals surface area contributed by atoms with Crippen LogP contribution in [-0.4, -0.2) is 43.3 Å². The van der Waals surface area contributed by atoms with Crippen molar-refractivity contribution in [1.82, 2.24) is 19.7 Å². The first-order valence-electron chi connectivity index (χ1n) is 8.34. The molecular weight excluding hydrogens is 360 g/mol. The summed E-state index contributed by atoms with van der Waals surface area (Å²) in [4.78, 5) is 9.28. The van der Waals surface area contributed by atoms with Gasteiger partial charge in [-0.1, -0.05) is 17.7 Å². The standard InChI is InChI=1S/C17H21ClN4S2/c1-23-11-17(6-7-17)9-15-20-16(13-3-2-4-14(18)19-13)21-22(15)12-5-8-24-10-12/h2-4,12H,5-11H2,1H3. The average molecular weight is 381 g/mol. The Balaban J connectivity index is 1.68. The third kappa shape index (κ3) is 3.46. The Kier molecular flexibility index (Phi) is 4.80. The largest absolute Gasteiger partial charge is 0.245 e. The lowest BCUT2D eigenvalue weighted by Crippen LogP contribution is -2.18. The summed E-state index contributed by atoms with van der Waals surface area (Å²) in [7, 11) is 0. The summed E-state index contributed by atoms with van der Waals surface area (Å²) >= 11 is 10.00. The maximum atomic E-state index is 6.05. The summed E-state index contributed by atoms with van der Waals surface area (Å²) in [5.41, 5.74) is 1.21. The predicted molar refractivity (Wildman–Crippen MR) is 103 cm³/mol. The SMILES string of the molecule is CSCC1(Cc2nc(-c3cccc(Cl)n3)nn2C2CCSC2)CC1. The number of aromatic nitrogens is 4. The minimum Gasteiger partial charge on any atom is -0.245 e. The number of rotatable bonds is 6. The van der Waals surface area contributed by atoms with Gasteiger partial charge in [0.15, 0.2) is 5.82 Å². The maximum Gasteiger partial charge on any atom is 0.200 e. The lowest BCUT2D eigenvalue weighted by atomic mass is 10.0. The Morgan fingerprint density at radius 3 is 2.92 bits per heavy atom. The first-order chi connectivity index (χ1) is 11.7. The predicted octanol–water partition coefficient (Wildman–Crippen LogP) is 4.36. The van der Waals surface area contributed by atoms with Gasteiger partial charge in [0, 0.05) is 12.2 Å². The van der Waals surface area contributed by atoms with Crippen LogP contribution >= 0.6 is 35.1 Å². The Morgan fingerprint density at radius 2 is 2.25 bits per heavy atom. The van der Waals surface area contributed by atoms with Crippen molar-refractivity contribution in [2.75, 3.05) is 23.5 Å². The second kappa shape index (κ2) is 6.89. The highest BCUT2D eigenvalue weighted by atomic mass is 35.5. The molecular formula is C17H21ClN4S2. The quantitative estimate of drug-likeness (QED) is 0.696. The molecule has 0 aromatic carbocycles. The molecule has 2 fully saturated rings. The molecule has 0 amide bonds. The zero-order valence-electron chi connectivity index (χ0n) is 13.7. The second-order valence-electron chi connectivity index (χ2n) is 6.77. The van der Waals surface area contributed by atoms with Crippen LogP contribution in [-0.2, 0) is 6.42 Å². The van der Waals surface area contributed by atoms with Crippen LogP contribution in [0.25, 0.3) is 11.5 Å². The molecule has 128 valence electrons. The van der Waals surface area contributed by atoms with Crippen molar-refractivity contribution in [3.63, 3.8) is 0 Å². The van der Waals surface area contributed by atoms with Gasteiger partial charge in [-0.05, 0) is 54.6 Å². The Labute approximate surface area is 156 Å². The van der Waals surface area contributed by atoms with E-state index in [0.717, 1.165) is 23.7 Å². The highest BCUT2D eigenvalue weighted by molar-refractivity contribution is 7.99. The van der Waals surface area contributed by atoms with E-state index in [0.29, 0.717) is 22.4 Å². The molecule has 0 radical (unpaired) electrons. The fraction of sp³-hybridized carbons (Fsp3) is 0.588. The first kappa shape index (κ1) is 16.7. The van der Waals surface area contributed by atoms with Crippen molar-refractivity contribution in [3.05, 3.63) is 29.2 Å². The van der Waals surface area contributed by atoms with E-state index >= 15 is 0 Å². The monoisotopic (exact) mass is 380 g/mol. The van der Waals surface area contributed by atoms with Gasteiger partial charge < -0.3 is 0 Å². The van der Waals surface area contributed by atoms with Crippen molar-refractivity contribution >= 4 is 35.1 Å². The van der Waals surface area contributed by atoms with Gasteiger partial charge in [-0.15, -0.1) is 5.10 Å². The molecule has 4 rings (SSSR count). The molecule has 4 nitrogen and oxygen atoms in total. The molecule has 1 saturated heterocycles. The molecule has 1 aliphatic carbocycles. The fourth-order valence-electron chi connectivity index (χ4n) is 3.32. The zero-order chi connectivity index (χ0) is 16.6. The lowest BCUT2D eigenvalue weighted by Gasteiger charge is -2.16. The average Bonchev–Trinajstić information content (AvgIpc) is 3.00. The molecule has 7 heteroatoms. The molecule has 0 spiro atoms. The van der Waals surface area contributed by atoms with Crippen LogP contribution in [0.3, 0.4) is 0 Å². The maximum absolute atomic E-state index is 6.05. The smallest absolute Gasteiger partial charge is 0.200 e. The second-order valence-corrected chi connectivity index (χ2v) is 9.17. The topological polar surface area (TPSA) is 43.6 Å². The van der Waals surface area contributed by atoms with Gasteiger partial charge >= 0.3 is 0 Å². The Morgan fingerprint density at radius 1 is 1.38 bits per heavy atom. The fourth-order valence-corrected chi connectivity index (χ4v) is 5.67. The summed E-state index contributed by atoms with van der Waals surface area (Å²) in [6, 6.07) is 6.10. The van der Waals surface area contributed by atoms with Gasteiger partial charge in [-0.2, -0.15) is 23.5 Å². The number of thioether (sulfide) groups is 2. The van der Waals surface area contributed by atoms with Gasteiger partial charge in [0.2, 0.25) is 0 Å². The summed E-state index contributed by atoms with van der Waals surface area (Å²) in [6.45, 7) is 0. The molecule has 1 unspecified atom stereocenters. The number of hydrogen-bond donors (Lipinski definition) is 0. The van der Waals surface area contributed by atoms with E-state index in [2.05, 4.69) is 15.9 Å². The van der Waals surface area contributed by atoms with Crippen LogP contribution in [0.1, 0.15) is 31.1 Å². The highest BCUT2D eigenvalue weighted by Gasteiger charge is 2.43. The Bertz CT molecular complexity index is 723. The molecule has 24 heavy (non-hydrogen) atoms. The lowest BCUT2D eigenvalue weighted by molar-refractivity contribution is 0.450. The van der Waals surface area contributed by atoms with Crippen molar-refractivity contribution < 1.29 is 0 Å². The van der Waals surface area contributed by atoms with Crippen molar-refractivity contribution in [2.24, 2.45) is 5.41 Å². The van der Waals surface area contributed by atoms with Crippen LogP contribution in [0.15, 0.2) is 18.2 Å². The van der Waals surface area contributed by atoms with Gasteiger partial charge in [-0.3, -0.25) is 0 Å². The summed E-state index contributed by atoms with van der Waals surface area (Å²) in [5.74, 6) is 5.40. The van der Waals surface area contributed by atoms with Crippen LogP contribution in [0, 0.1) is 5.41 Å². The van der Waals surface area contributed by atoms with Crippen LogP contribution in [0.2, 0.25) is 5.15 Å². The first-order valence-corrected chi connectivity index (χ1v) is 11.3. The third-order valence-electron chi connectivity index (χ3n) is 4.84. The Hall–Kier alpha value is -0.720. The number of nitrogens with zero attached hydrogens (tertiary/aromatic N) is 4. The van der Waals surface area contributed by atoms with E-state index in [1.807, 2.05) is 35.7 Å². The zero-order valence-corrected chi connectivity index (χ0v) is 16.1. The van der Waals surface area contributed by atoms with Crippen molar-refractivity contribution in [3.8, 4) is 11.5 Å². The summed E-state index contributed by atoms with van der Waals surface area (Å²) < 4.78 is 2.19. The van der Waals surface area contributed by atoms with Crippen LogP contribution in [0.5, 0.6) is 0 Å². The summed E-state index contributed by atoms with van der Waals surface area (Å²) in [6.07, 6.45) is 7.02. The van der Waals surface area contributed by atoms with Gasteiger partial charge in [-0.25, -0.2) is 14.6 Å². The van der Waals surface area contributed by atoms with Crippen molar-refractivity contribution in [1.29, 1.82) is 0 Å². The van der Waals surface area contributed by atoms with E-state index in [1.54, 1.807) is 6.07 Å². The normalized spacial score (nSPS) is 22.0. The molecule has 1 atom stereocenters. The molecule has 2 aromatic rings. The van der Waals surface area contributed by atoms with Gasteiger partial charge in [0.05, 0.1) is 6.04 Å². The molecule has 2 aromatic heterocycles. The number of hydrogen-bond acceptors (Lipinski definition) is 5. The molecule has 2 aliphatic rings. The highest BCUT2D eigenvalue weighted by Crippen LogP contribution is 2.50. The van der Waals surface area contributed by atoms with E-state index in [4.69, 9.17) is 21.7 Å². The number of pyridine rings is 1. The van der Waals surface area contributed by atoms with E-state index in [9.17, 15) is 0 Å². The van der Waals surface area contributed by atoms with Crippen molar-refractivity contribution in [2.45, 2.75) is 31.7 Å². The van der Waals surface area contributed by atoms with E-state index in [-0.39, 0.29) is 0 Å². The minimum atomic E-state index is 0.439. The molecule has 1 aliphatic heterocycles. The molecule has 0 bridgehead atoms. The third-order valence-corrected chi connectivity index (χ3v) is 7.09. The molecule has 1 saturated carbocycles. The summed E-state index contributed by atoms with van der Waals surface area (Å²) in [5, 5.41) is 5.33. The number of halogens is 1. The molecule has 0 N–H and O–H groups in total. The minimum absolute atomic E-state index is 0.439.